The summed E-state index contributed by atoms with van der Waals surface area (Å²) in [5.74, 6) is 1.37. The van der Waals surface area contributed by atoms with Gasteiger partial charge in [-0.15, -0.1) is 0 Å². The molecule has 3 atom stereocenters. The molecule has 108 valence electrons. The number of benzene rings is 2. The summed E-state index contributed by atoms with van der Waals surface area (Å²) in [6, 6.07) is 17.2. The third-order valence-electron chi connectivity index (χ3n) is 4.60. The van der Waals surface area contributed by atoms with Crippen molar-refractivity contribution < 1.29 is 9.47 Å². The predicted octanol–water partition coefficient (Wildman–Crippen LogP) is 3.94. The summed E-state index contributed by atoms with van der Waals surface area (Å²) in [5, 5.41) is 3.70. The van der Waals surface area contributed by atoms with Gasteiger partial charge in [0.2, 0.25) is 0 Å². The van der Waals surface area contributed by atoms with Gasteiger partial charge in [0, 0.05) is 29.8 Å². The first-order valence-electron chi connectivity index (χ1n) is 7.48. The molecule has 0 aliphatic carbocycles. The monoisotopic (exact) mass is 281 g/mol. The predicted molar refractivity (Wildman–Crippen MR) is 82.6 cm³/mol. The lowest BCUT2D eigenvalue weighted by Gasteiger charge is -2.36. The molecule has 1 N–H and O–H groups in total. The van der Waals surface area contributed by atoms with Gasteiger partial charge in [-0.05, 0) is 18.1 Å². The normalized spacial score (nSPS) is 26.6. The van der Waals surface area contributed by atoms with E-state index >= 15 is 0 Å². The van der Waals surface area contributed by atoms with Crippen molar-refractivity contribution in [3.05, 3.63) is 59.7 Å². The first-order chi connectivity index (χ1) is 10.4. The molecule has 0 saturated carbocycles. The second kappa shape index (κ2) is 5.08. The Morgan fingerprint density at radius 2 is 2.00 bits per heavy atom. The Labute approximate surface area is 124 Å². The molecule has 2 aromatic rings. The van der Waals surface area contributed by atoms with E-state index in [9.17, 15) is 0 Å². The molecule has 1 saturated heterocycles. The van der Waals surface area contributed by atoms with Crippen LogP contribution in [0, 0.1) is 5.92 Å². The molecular formula is C18H19NO2. The van der Waals surface area contributed by atoms with Gasteiger partial charge in [0.25, 0.3) is 0 Å². The van der Waals surface area contributed by atoms with Crippen LogP contribution >= 0.6 is 0 Å². The van der Waals surface area contributed by atoms with Gasteiger partial charge in [-0.25, -0.2) is 0 Å². The zero-order valence-electron chi connectivity index (χ0n) is 12.1. The van der Waals surface area contributed by atoms with Crippen LogP contribution in [0.2, 0.25) is 0 Å². The molecule has 2 aromatic carbocycles. The maximum absolute atomic E-state index is 6.03. The topological polar surface area (TPSA) is 30.5 Å². The van der Waals surface area contributed by atoms with E-state index in [0.717, 1.165) is 24.5 Å². The Balaban J connectivity index is 1.77. The molecule has 2 heterocycles. The molecule has 0 spiro atoms. The van der Waals surface area contributed by atoms with Gasteiger partial charge < -0.3 is 14.8 Å². The van der Waals surface area contributed by atoms with Crippen LogP contribution in [0.1, 0.15) is 29.7 Å². The van der Waals surface area contributed by atoms with Crippen LogP contribution in [-0.2, 0) is 4.74 Å². The van der Waals surface area contributed by atoms with Gasteiger partial charge in [-0.2, -0.15) is 0 Å². The Bertz CT molecular complexity index is 641. The number of fused-ring (bicyclic) bond motifs is 3. The van der Waals surface area contributed by atoms with Crippen molar-refractivity contribution in [3.63, 3.8) is 0 Å². The van der Waals surface area contributed by atoms with Crippen molar-refractivity contribution in [3.8, 4) is 5.75 Å². The highest BCUT2D eigenvalue weighted by molar-refractivity contribution is 5.60. The molecule has 2 aliphatic heterocycles. The molecule has 2 unspecified atom stereocenters. The zero-order valence-corrected chi connectivity index (χ0v) is 12.1. The van der Waals surface area contributed by atoms with E-state index in [4.69, 9.17) is 9.47 Å². The van der Waals surface area contributed by atoms with Gasteiger partial charge in [0.05, 0.1) is 19.3 Å². The van der Waals surface area contributed by atoms with Crippen molar-refractivity contribution in [2.45, 2.75) is 18.6 Å². The number of nitrogens with one attached hydrogen (secondary N) is 1. The van der Waals surface area contributed by atoms with E-state index < -0.39 is 0 Å². The van der Waals surface area contributed by atoms with Crippen molar-refractivity contribution in [2.75, 3.05) is 19.0 Å². The maximum atomic E-state index is 6.03. The summed E-state index contributed by atoms with van der Waals surface area (Å²) in [5.41, 5.74) is 3.71. The number of hydrogen-bond acceptors (Lipinski definition) is 3. The molecule has 3 nitrogen and oxygen atoms in total. The van der Waals surface area contributed by atoms with E-state index in [-0.39, 0.29) is 6.10 Å². The molecule has 4 rings (SSSR count). The second-order valence-electron chi connectivity index (χ2n) is 5.73. The minimum Gasteiger partial charge on any atom is -0.497 e. The average Bonchev–Trinajstić information content (AvgIpc) is 3.04. The molecular weight excluding hydrogens is 262 g/mol. The number of ether oxygens (including phenoxy) is 2. The third-order valence-corrected chi connectivity index (χ3v) is 4.60. The Kier molecular flexibility index (Phi) is 3.08. The highest BCUT2D eigenvalue weighted by Crippen LogP contribution is 2.50. The fraction of sp³-hybridized carbons (Fsp3) is 0.333. The number of hydrogen-bond donors (Lipinski definition) is 1. The molecule has 1 fully saturated rings. The summed E-state index contributed by atoms with van der Waals surface area (Å²) in [7, 11) is 1.70. The lowest BCUT2D eigenvalue weighted by molar-refractivity contribution is 0.0829. The standard InChI is InChI=1S/C18H19NO2/c1-20-13-7-8-14-16(11-13)19-17(12-5-3-2-4-6-12)15-9-10-21-18(14)15/h2-8,11,15,17-19H,9-10H2,1H3/t15?,17-,18?/m0/s1. The van der Waals surface area contributed by atoms with Gasteiger partial charge in [-0.3, -0.25) is 0 Å². The summed E-state index contributed by atoms with van der Waals surface area (Å²) in [6.07, 6.45) is 1.29. The van der Waals surface area contributed by atoms with Gasteiger partial charge in [0.1, 0.15) is 5.75 Å². The van der Waals surface area contributed by atoms with Gasteiger partial charge in [0.15, 0.2) is 0 Å². The largest absolute Gasteiger partial charge is 0.497 e. The number of anilines is 1. The van der Waals surface area contributed by atoms with Crippen LogP contribution in [0.15, 0.2) is 48.5 Å². The molecule has 3 heteroatoms. The van der Waals surface area contributed by atoms with Crippen LogP contribution in [0.4, 0.5) is 5.69 Å². The summed E-state index contributed by atoms with van der Waals surface area (Å²) < 4.78 is 11.4. The van der Waals surface area contributed by atoms with E-state index in [0.29, 0.717) is 12.0 Å². The van der Waals surface area contributed by atoms with Gasteiger partial charge in [-0.1, -0.05) is 36.4 Å². The van der Waals surface area contributed by atoms with E-state index in [1.165, 1.54) is 11.1 Å². The van der Waals surface area contributed by atoms with Crippen LogP contribution < -0.4 is 10.1 Å². The van der Waals surface area contributed by atoms with Crippen LogP contribution in [-0.4, -0.2) is 13.7 Å². The molecule has 0 bridgehead atoms. The van der Waals surface area contributed by atoms with E-state index in [2.05, 4.69) is 47.8 Å². The molecule has 21 heavy (non-hydrogen) atoms. The summed E-state index contributed by atoms with van der Waals surface area (Å²) in [4.78, 5) is 0. The fourth-order valence-corrected chi connectivity index (χ4v) is 3.57. The fourth-order valence-electron chi connectivity index (χ4n) is 3.57. The van der Waals surface area contributed by atoms with Crippen LogP contribution in [0.3, 0.4) is 0 Å². The SMILES string of the molecule is COc1ccc2c(c1)N[C@@H](c1ccccc1)C1CCOC21. The van der Waals surface area contributed by atoms with E-state index in [1.807, 2.05) is 6.07 Å². The maximum Gasteiger partial charge on any atom is 0.120 e. The minimum absolute atomic E-state index is 0.192. The van der Waals surface area contributed by atoms with E-state index in [1.54, 1.807) is 7.11 Å². The first kappa shape index (κ1) is 12.7. The highest BCUT2D eigenvalue weighted by atomic mass is 16.5. The highest BCUT2D eigenvalue weighted by Gasteiger charge is 2.41. The Morgan fingerprint density at radius 3 is 2.81 bits per heavy atom. The van der Waals surface area contributed by atoms with Crippen molar-refractivity contribution >= 4 is 5.69 Å². The molecule has 0 radical (unpaired) electrons. The van der Waals surface area contributed by atoms with Crippen LogP contribution in [0.25, 0.3) is 0 Å². The summed E-state index contributed by atoms with van der Waals surface area (Å²) >= 11 is 0. The smallest absolute Gasteiger partial charge is 0.120 e. The Morgan fingerprint density at radius 1 is 1.14 bits per heavy atom. The lowest BCUT2D eigenvalue weighted by Crippen LogP contribution is -2.29. The molecule has 2 aliphatic rings. The van der Waals surface area contributed by atoms with Crippen molar-refractivity contribution in [1.82, 2.24) is 0 Å². The van der Waals surface area contributed by atoms with Crippen LogP contribution in [0.5, 0.6) is 5.75 Å². The Hall–Kier alpha value is -2.00. The number of rotatable bonds is 2. The van der Waals surface area contributed by atoms with Crippen molar-refractivity contribution in [2.24, 2.45) is 5.92 Å². The third kappa shape index (κ3) is 2.09. The first-order valence-corrected chi connectivity index (χ1v) is 7.48. The summed E-state index contributed by atoms with van der Waals surface area (Å²) in [6.45, 7) is 0.839. The minimum atomic E-state index is 0.192. The lowest BCUT2D eigenvalue weighted by atomic mass is 9.81. The average molecular weight is 281 g/mol. The molecule has 0 amide bonds. The van der Waals surface area contributed by atoms with Crippen molar-refractivity contribution in [1.29, 1.82) is 0 Å². The number of methoxy groups -OCH3 is 1. The zero-order chi connectivity index (χ0) is 14.2. The second-order valence-corrected chi connectivity index (χ2v) is 5.73. The molecule has 0 aromatic heterocycles. The quantitative estimate of drug-likeness (QED) is 0.904. The van der Waals surface area contributed by atoms with Gasteiger partial charge >= 0.3 is 0 Å².